The summed E-state index contributed by atoms with van der Waals surface area (Å²) in [7, 11) is 1.61. The summed E-state index contributed by atoms with van der Waals surface area (Å²) in [6.45, 7) is 3.36. The number of rotatable bonds is 4. The molecule has 0 bridgehead atoms. The van der Waals surface area contributed by atoms with Crippen LogP contribution in [-0.2, 0) is 6.54 Å². The molecule has 1 aliphatic heterocycles. The van der Waals surface area contributed by atoms with Crippen molar-refractivity contribution in [1.29, 1.82) is 0 Å². The molecule has 0 saturated carbocycles. The third-order valence-corrected chi connectivity index (χ3v) is 4.22. The fourth-order valence-corrected chi connectivity index (χ4v) is 2.82. The first-order chi connectivity index (χ1) is 10.7. The highest BCUT2D eigenvalue weighted by Gasteiger charge is 2.16. The van der Waals surface area contributed by atoms with Crippen LogP contribution in [-0.4, -0.2) is 52.5 Å². The molecule has 3 rings (SSSR count). The number of nitrogens with two attached hydrogens (primary N) is 1. The van der Waals surface area contributed by atoms with Crippen LogP contribution in [0.4, 0.5) is 0 Å². The van der Waals surface area contributed by atoms with E-state index < -0.39 is 0 Å². The van der Waals surface area contributed by atoms with Crippen molar-refractivity contribution in [2.45, 2.75) is 25.4 Å². The Kier molecular flexibility index (Phi) is 4.35. The van der Waals surface area contributed by atoms with Gasteiger partial charge in [-0.05, 0) is 38.1 Å². The van der Waals surface area contributed by atoms with E-state index in [4.69, 9.17) is 10.5 Å². The highest BCUT2D eigenvalue weighted by atomic mass is 16.5. The van der Waals surface area contributed by atoms with Crippen molar-refractivity contribution in [2.75, 3.05) is 26.7 Å². The molecule has 0 unspecified atom stereocenters. The quantitative estimate of drug-likeness (QED) is 0.870. The monoisotopic (exact) mass is 303 g/mol. The summed E-state index contributed by atoms with van der Waals surface area (Å²) < 4.78 is 6.90. The predicted molar refractivity (Wildman–Crippen MR) is 84.0 cm³/mol. The molecule has 2 N–H and O–H groups in total. The Labute approximate surface area is 128 Å². The molecule has 2 heterocycles. The molecule has 1 aliphatic rings. The maximum atomic E-state index is 12.1. The zero-order valence-electron chi connectivity index (χ0n) is 12.7. The summed E-state index contributed by atoms with van der Waals surface area (Å²) in [5, 5.41) is 7.67. The number of fused-ring (bicyclic) bond motifs is 1. The van der Waals surface area contributed by atoms with Crippen LogP contribution in [0.5, 0.6) is 5.75 Å². The lowest BCUT2D eigenvalue weighted by Crippen LogP contribution is -2.41. The van der Waals surface area contributed by atoms with E-state index in [1.54, 1.807) is 11.7 Å². The van der Waals surface area contributed by atoms with Crippen molar-refractivity contribution in [1.82, 2.24) is 19.7 Å². The van der Waals surface area contributed by atoms with Crippen molar-refractivity contribution in [3.05, 3.63) is 28.7 Å². The number of hydrogen-bond acceptors (Lipinski definition) is 6. The van der Waals surface area contributed by atoms with Gasteiger partial charge in [0.2, 0.25) is 0 Å². The summed E-state index contributed by atoms with van der Waals surface area (Å²) >= 11 is 0. The van der Waals surface area contributed by atoms with Crippen LogP contribution >= 0.6 is 0 Å². The topological polar surface area (TPSA) is 86.3 Å². The van der Waals surface area contributed by atoms with Crippen molar-refractivity contribution < 1.29 is 4.74 Å². The molecule has 7 nitrogen and oxygen atoms in total. The van der Waals surface area contributed by atoms with Gasteiger partial charge in [0.1, 0.15) is 11.3 Å². The van der Waals surface area contributed by atoms with Gasteiger partial charge >= 0.3 is 5.69 Å². The fourth-order valence-electron chi connectivity index (χ4n) is 2.82. The van der Waals surface area contributed by atoms with Crippen molar-refractivity contribution in [3.63, 3.8) is 0 Å². The van der Waals surface area contributed by atoms with Crippen LogP contribution in [0, 0.1) is 0 Å². The van der Waals surface area contributed by atoms with Gasteiger partial charge in [0.25, 0.3) is 0 Å². The van der Waals surface area contributed by atoms with E-state index in [0.29, 0.717) is 23.9 Å². The van der Waals surface area contributed by atoms with Crippen molar-refractivity contribution >= 4 is 11.0 Å². The van der Waals surface area contributed by atoms with Gasteiger partial charge in [0, 0.05) is 25.2 Å². The van der Waals surface area contributed by atoms with E-state index in [1.807, 2.05) is 18.2 Å². The number of methoxy groups -OCH3 is 1. The van der Waals surface area contributed by atoms with Gasteiger partial charge in [-0.15, -0.1) is 5.10 Å². The molecule has 2 aromatic rings. The van der Waals surface area contributed by atoms with Gasteiger partial charge in [-0.2, -0.15) is 0 Å². The number of piperidine rings is 1. The molecule has 1 aromatic heterocycles. The van der Waals surface area contributed by atoms with Gasteiger partial charge in [0.15, 0.2) is 0 Å². The first-order valence-corrected chi connectivity index (χ1v) is 7.56. The maximum absolute atomic E-state index is 12.1. The van der Waals surface area contributed by atoms with Crippen LogP contribution in [0.3, 0.4) is 0 Å². The molecule has 1 fully saturated rings. The fraction of sp³-hybridized carbons (Fsp3) is 0.533. The molecule has 0 spiro atoms. The molecule has 1 aromatic carbocycles. The Morgan fingerprint density at radius 3 is 2.77 bits per heavy atom. The minimum atomic E-state index is -0.325. The number of benzene rings is 1. The Bertz CT molecular complexity index is 707. The lowest BCUT2D eigenvalue weighted by atomic mass is 10.1. The first-order valence-electron chi connectivity index (χ1n) is 7.56. The summed E-state index contributed by atoms with van der Waals surface area (Å²) in [6, 6.07) is 5.78. The highest BCUT2D eigenvalue weighted by molar-refractivity contribution is 5.75. The molecule has 7 heteroatoms. The number of nitrogens with zero attached hydrogens (tertiary/aromatic N) is 4. The van der Waals surface area contributed by atoms with Crippen LogP contribution in [0.2, 0.25) is 0 Å². The van der Waals surface area contributed by atoms with E-state index in [-0.39, 0.29) is 5.69 Å². The van der Waals surface area contributed by atoms with Gasteiger partial charge < -0.3 is 15.4 Å². The second-order valence-electron chi connectivity index (χ2n) is 5.67. The average Bonchev–Trinajstić information content (AvgIpc) is 2.55. The first kappa shape index (κ1) is 14.9. The lowest BCUT2D eigenvalue weighted by Gasteiger charge is -2.30. The smallest absolute Gasteiger partial charge is 0.366 e. The molecule has 0 radical (unpaired) electrons. The second kappa shape index (κ2) is 6.41. The lowest BCUT2D eigenvalue weighted by molar-refractivity contribution is 0.206. The van der Waals surface area contributed by atoms with Gasteiger partial charge in [-0.1, -0.05) is 5.10 Å². The van der Waals surface area contributed by atoms with Gasteiger partial charge in [-0.3, -0.25) is 4.57 Å². The SMILES string of the molecule is COc1ccc2nnc(=O)n(CCN3CCC(N)CC3)c2c1. The third-order valence-electron chi connectivity index (χ3n) is 4.22. The van der Waals surface area contributed by atoms with Crippen LogP contribution in [0.25, 0.3) is 11.0 Å². The Morgan fingerprint density at radius 1 is 1.27 bits per heavy atom. The Morgan fingerprint density at radius 2 is 2.05 bits per heavy atom. The maximum Gasteiger partial charge on any atom is 0.366 e. The van der Waals surface area contributed by atoms with Crippen molar-refractivity contribution in [2.24, 2.45) is 5.73 Å². The zero-order valence-corrected chi connectivity index (χ0v) is 12.7. The van der Waals surface area contributed by atoms with Crippen LogP contribution in [0.1, 0.15) is 12.8 Å². The van der Waals surface area contributed by atoms with Gasteiger partial charge in [-0.25, -0.2) is 4.79 Å². The standard InChI is InChI=1S/C15H21N5O2/c1-22-12-2-3-13-14(10-12)20(15(21)18-17-13)9-8-19-6-4-11(16)5-7-19/h2-3,10-11H,4-9,16H2,1H3. The van der Waals surface area contributed by atoms with Crippen LogP contribution in [0.15, 0.2) is 23.0 Å². The Hall–Kier alpha value is -1.99. The number of aromatic nitrogens is 3. The molecule has 0 aliphatic carbocycles. The normalized spacial score (nSPS) is 17.0. The largest absolute Gasteiger partial charge is 0.497 e. The second-order valence-corrected chi connectivity index (χ2v) is 5.67. The predicted octanol–water partition coefficient (Wildman–Crippen LogP) is 0.223. The molecule has 22 heavy (non-hydrogen) atoms. The third kappa shape index (κ3) is 3.10. The summed E-state index contributed by atoms with van der Waals surface area (Å²) in [5.41, 5.74) is 7.05. The molecule has 1 saturated heterocycles. The molecular weight excluding hydrogens is 282 g/mol. The van der Waals surface area contributed by atoms with E-state index >= 15 is 0 Å². The van der Waals surface area contributed by atoms with E-state index in [1.165, 1.54) is 0 Å². The van der Waals surface area contributed by atoms with Crippen molar-refractivity contribution in [3.8, 4) is 5.75 Å². The summed E-state index contributed by atoms with van der Waals surface area (Å²) in [6.07, 6.45) is 2.02. The van der Waals surface area contributed by atoms with E-state index in [9.17, 15) is 4.79 Å². The summed E-state index contributed by atoms with van der Waals surface area (Å²) in [4.78, 5) is 14.4. The zero-order chi connectivity index (χ0) is 15.5. The molecular formula is C15H21N5O2. The molecule has 0 atom stereocenters. The Balaban J connectivity index is 1.83. The number of hydrogen-bond donors (Lipinski definition) is 1. The minimum Gasteiger partial charge on any atom is -0.497 e. The summed E-state index contributed by atoms with van der Waals surface area (Å²) in [5.74, 6) is 0.706. The van der Waals surface area contributed by atoms with Gasteiger partial charge in [0.05, 0.1) is 12.6 Å². The van der Waals surface area contributed by atoms with Crippen LogP contribution < -0.4 is 16.2 Å². The van der Waals surface area contributed by atoms with E-state index in [2.05, 4.69) is 15.1 Å². The van der Waals surface area contributed by atoms with E-state index in [0.717, 1.165) is 38.0 Å². The molecule has 0 amide bonds. The number of likely N-dealkylation sites (tertiary alicyclic amines) is 1. The number of ether oxygens (including phenoxy) is 1. The average molecular weight is 303 g/mol. The minimum absolute atomic E-state index is 0.312. The highest BCUT2D eigenvalue weighted by Crippen LogP contribution is 2.17. The molecule has 118 valence electrons.